The van der Waals surface area contributed by atoms with Gasteiger partial charge < -0.3 is 14.0 Å². The summed E-state index contributed by atoms with van der Waals surface area (Å²) in [7, 11) is 0. The van der Waals surface area contributed by atoms with Crippen molar-refractivity contribution in [2.24, 2.45) is 0 Å². The Morgan fingerprint density at radius 3 is 2.83 bits per heavy atom. The highest BCUT2D eigenvalue weighted by Crippen LogP contribution is 2.36. The van der Waals surface area contributed by atoms with Crippen LogP contribution in [0.15, 0.2) is 28.0 Å². The fourth-order valence-corrected chi connectivity index (χ4v) is 3.48. The van der Waals surface area contributed by atoms with Gasteiger partial charge in [-0.2, -0.15) is 4.98 Å². The summed E-state index contributed by atoms with van der Waals surface area (Å²) in [4.78, 5) is 31.3. The van der Waals surface area contributed by atoms with E-state index in [2.05, 4.69) is 14.7 Å². The van der Waals surface area contributed by atoms with Crippen molar-refractivity contribution in [3.8, 4) is 0 Å². The topological polar surface area (TPSA) is 81.2 Å². The second-order valence-electron chi connectivity index (χ2n) is 6.63. The molecular weight excluding hydrogens is 308 g/mol. The maximum atomic E-state index is 13.1. The molecule has 1 saturated carbocycles. The second-order valence-corrected chi connectivity index (χ2v) is 6.63. The van der Waals surface area contributed by atoms with Gasteiger partial charge in [0.25, 0.3) is 5.91 Å². The first kappa shape index (κ1) is 15.1. The van der Waals surface area contributed by atoms with Crippen LogP contribution in [0.25, 0.3) is 0 Å². The number of aryl methyl sites for hydroxylation is 1. The van der Waals surface area contributed by atoms with Gasteiger partial charge in [-0.1, -0.05) is 5.16 Å². The molecule has 126 valence electrons. The Morgan fingerprint density at radius 2 is 2.12 bits per heavy atom. The molecule has 0 aromatic carbocycles. The van der Waals surface area contributed by atoms with Crippen molar-refractivity contribution in [3.63, 3.8) is 0 Å². The van der Waals surface area contributed by atoms with E-state index in [4.69, 9.17) is 4.52 Å². The lowest BCUT2D eigenvalue weighted by atomic mass is 10.0. The van der Waals surface area contributed by atoms with Crippen LogP contribution < -0.4 is 5.43 Å². The molecule has 1 saturated heterocycles. The highest BCUT2D eigenvalue weighted by Gasteiger charge is 2.33. The Bertz CT molecular complexity index is 808. The summed E-state index contributed by atoms with van der Waals surface area (Å²) in [6, 6.07) is 1.77. The number of rotatable bonds is 3. The van der Waals surface area contributed by atoms with E-state index in [1.807, 2.05) is 6.92 Å². The Balaban J connectivity index is 1.69. The van der Waals surface area contributed by atoms with E-state index in [0.717, 1.165) is 37.8 Å². The van der Waals surface area contributed by atoms with Crippen LogP contribution in [0.4, 0.5) is 0 Å². The number of nitrogens with zero attached hydrogens (tertiary/aromatic N) is 4. The van der Waals surface area contributed by atoms with Crippen molar-refractivity contribution in [2.45, 2.75) is 51.1 Å². The minimum absolute atomic E-state index is 0.216. The van der Waals surface area contributed by atoms with Gasteiger partial charge in [-0.15, -0.1) is 0 Å². The molecule has 24 heavy (non-hydrogen) atoms. The van der Waals surface area contributed by atoms with Gasteiger partial charge in [0.2, 0.25) is 6.39 Å². The fraction of sp³-hybridized carbons (Fsp3) is 0.529. The Labute approximate surface area is 139 Å². The summed E-state index contributed by atoms with van der Waals surface area (Å²) < 4.78 is 6.89. The monoisotopic (exact) mass is 328 g/mol. The normalized spacial score (nSPS) is 21.0. The number of aromatic nitrogens is 3. The van der Waals surface area contributed by atoms with Crippen molar-refractivity contribution in [1.29, 1.82) is 0 Å². The van der Waals surface area contributed by atoms with Crippen LogP contribution in [-0.4, -0.2) is 32.1 Å². The third-order valence-corrected chi connectivity index (χ3v) is 4.89. The quantitative estimate of drug-likeness (QED) is 0.863. The number of carbonyl (C=O) groups is 1. The van der Waals surface area contributed by atoms with E-state index >= 15 is 0 Å². The van der Waals surface area contributed by atoms with Gasteiger partial charge in [0, 0.05) is 30.5 Å². The first-order chi connectivity index (χ1) is 11.6. The maximum Gasteiger partial charge on any atom is 0.259 e. The van der Waals surface area contributed by atoms with E-state index in [9.17, 15) is 9.59 Å². The molecule has 7 nitrogen and oxygen atoms in total. The Hall–Kier alpha value is -2.44. The lowest BCUT2D eigenvalue weighted by Crippen LogP contribution is -2.41. The average Bonchev–Trinajstić information content (AvgIpc) is 3.28. The van der Waals surface area contributed by atoms with Gasteiger partial charge in [-0.25, -0.2) is 0 Å². The van der Waals surface area contributed by atoms with Crippen LogP contribution in [-0.2, 0) is 0 Å². The largest absolute Gasteiger partial charge is 0.348 e. The molecule has 2 aliphatic rings. The van der Waals surface area contributed by atoms with E-state index < -0.39 is 0 Å². The molecule has 1 unspecified atom stereocenters. The van der Waals surface area contributed by atoms with Crippen LogP contribution >= 0.6 is 0 Å². The number of amides is 1. The second kappa shape index (κ2) is 5.89. The first-order valence-electron chi connectivity index (χ1n) is 8.45. The summed E-state index contributed by atoms with van der Waals surface area (Å²) in [6.07, 6.45) is 7.93. The van der Waals surface area contributed by atoms with Gasteiger partial charge in [0.15, 0.2) is 11.3 Å². The zero-order valence-electron chi connectivity index (χ0n) is 13.6. The molecule has 7 heteroatoms. The highest BCUT2D eigenvalue weighted by atomic mass is 16.5. The minimum atomic E-state index is -0.232. The number of likely N-dealkylation sites (tertiary alicyclic amines) is 1. The molecule has 2 fully saturated rings. The van der Waals surface area contributed by atoms with E-state index in [-0.39, 0.29) is 22.9 Å². The van der Waals surface area contributed by atoms with Crippen molar-refractivity contribution in [2.75, 3.05) is 6.54 Å². The molecule has 0 radical (unpaired) electrons. The van der Waals surface area contributed by atoms with E-state index in [0.29, 0.717) is 18.4 Å². The average molecular weight is 328 g/mol. The van der Waals surface area contributed by atoms with Crippen LogP contribution in [0.3, 0.4) is 0 Å². The van der Waals surface area contributed by atoms with Gasteiger partial charge in [-0.05, 0) is 39.0 Å². The Kier molecular flexibility index (Phi) is 3.70. The summed E-state index contributed by atoms with van der Waals surface area (Å²) in [6.45, 7) is 2.52. The zero-order chi connectivity index (χ0) is 16.7. The minimum Gasteiger partial charge on any atom is -0.348 e. The van der Waals surface area contributed by atoms with E-state index in [1.54, 1.807) is 17.2 Å². The standard InChI is InChI=1S/C17H20N4O3/c1-11-8-15(22)13(9-21(11)12-5-6-12)17(23)20-7-3-2-4-14(20)16-18-10-24-19-16/h8-10,12,14H,2-7H2,1H3. The van der Waals surface area contributed by atoms with Gasteiger partial charge in [0.1, 0.15) is 5.56 Å². The lowest BCUT2D eigenvalue weighted by molar-refractivity contribution is 0.0594. The third kappa shape index (κ3) is 2.64. The first-order valence-corrected chi connectivity index (χ1v) is 8.45. The fourth-order valence-electron chi connectivity index (χ4n) is 3.48. The van der Waals surface area contributed by atoms with Gasteiger partial charge in [-0.3, -0.25) is 9.59 Å². The number of carbonyl (C=O) groups excluding carboxylic acids is 1. The SMILES string of the molecule is Cc1cc(=O)c(C(=O)N2CCCCC2c2ncon2)cn1C1CC1. The predicted molar refractivity (Wildman–Crippen MR) is 85.6 cm³/mol. The van der Waals surface area contributed by atoms with Crippen LogP contribution in [0, 0.1) is 6.92 Å². The van der Waals surface area contributed by atoms with Crippen molar-refractivity contribution in [3.05, 3.63) is 46.0 Å². The summed E-state index contributed by atoms with van der Waals surface area (Å²) in [5.41, 5.74) is 0.933. The molecule has 0 spiro atoms. The predicted octanol–water partition coefficient (Wildman–Crippen LogP) is 2.24. The van der Waals surface area contributed by atoms with Gasteiger partial charge >= 0.3 is 0 Å². The zero-order valence-corrected chi connectivity index (χ0v) is 13.6. The van der Waals surface area contributed by atoms with Crippen LogP contribution in [0.5, 0.6) is 0 Å². The number of piperidine rings is 1. The molecular formula is C17H20N4O3. The van der Waals surface area contributed by atoms with E-state index in [1.165, 1.54) is 6.39 Å². The lowest BCUT2D eigenvalue weighted by Gasteiger charge is -2.33. The summed E-state index contributed by atoms with van der Waals surface area (Å²) in [5, 5.41) is 3.90. The molecule has 1 aliphatic carbocycles. The molecule has 1 amide bonds. The highest BCUT2D eigenvalue weighted by molar-refractivity contribution is 5.94. The third-order valence-electron chi connectivity index (χ3n) is 4.89. The molecule has 0 bridgehead atoms. The Morgan fingerprint density at radius 1 is 1.29 bits per heavy atom. The van der Waals surface area contributed by atoms with Gasteiger partial charge in [0.05, 0.1) is 6.04 Å². The van der Waals surface area contributed by atoms with Crippen LogP contribution in [0.1, 0.15) is 66.1 Å². The van der Waals surface area contributed by atoms with Crippen molar-refractivity contribution >= 4 is 5.91 Å². The molecule has 1 aliphatic heterocycles. The van der Waals surface area contributed by atoms with Crippen molar-refractivity contribution in [1.82, 2.24) is 19.6 Å². The number of hydrogen-bond acceptors (Lipinski definition) is 5. The molecule has 4 rings (SSSR count). The van der Waals surface area contributed by atoms with Crippen molar-refractivity contribution < 1.29 is 9.32 Å². The molecule has 2 aromatic rings. The molecule has 2 aromatic heterocycles. The van der Waals surface area contributed by atoms with Crippen LogP contribution in [0.2, 0.25) is 0 Å². The molecule has 0 N–H and O–H groups in total. The summed E-state index contributed by atoms with van der Waals surface area (Å²) >= 11 is 0. The molecule has 1 atom stereocenters. The molecule has 3 heterocycles. The summed E-state index contributed by atoms with van der Waals surface area (Å²) in [5.74, 6) is 0.279. The number of pyridine rings is 1. The smallest absolute Gasteiger partial charge is 0.259 e. The maximum absolute atomic E-state index is 13.1. The number of hydrogen-bond donors (Lipinski definition) is 0.